The normalized spacial score (nSPS) is 21.0. The lowest BCUT2D eigenvalue weighted by molar-refractivity contribution is -0.728. The monoisotopic (exact) mass is 210 g/mol. The summed E-state index contributed by atoms with van der Waals surface area (Å²) in [7, 11) is 0. The second kappa shape index (κ2) is 4.43. The summed E-state index contributed by atoms with van der Waals surface area (Å²) >= 11 is 1.82. The van der Waals surface area contributed by atoms with Gasteiger partial charge >= 0.3 is 0 Å². The Bertz CT molecular complexity index is 286. The first-order valence-corrected chi connectivity index (χ1v) is 6.67. The summed E-state index contributed by atoms with van der Waals surface area (Å²) < 4.78 is 2.46. The van der Waals surface area contributed by atoms with Crippen LogP contribution in [0.2, 0.25) is 0 Å². The van der Waals surface area contributed by atoms with Crippen LogP contribution in [0.25, 0.3) is 0 Å². The number of thiazole rings is 1. The Balaban J connectivity index is 2.07. The maximum absolute atomic E-state index is 2.46. The Labute approximate surface area is 90.8 Å². The largest absolute Gasteiger partial charge is 0.225 e. The van der Waals surface area contributed by atoms with E-state index >= 15 is 0 Å². The predicted molar refractivity (Wildman–Crippen MR) is 60.5 cm³/mol. The van der Waals surface area contributed by atoms with Crippen molar-refractivity contribution >= 4 is 11.3 Å². The lowest BCUT2D eigenvalue weighted by atomic mass is 9.84. The Kier molecular flexibility index (Phi) is 3.22. The molecule has 0 saturated heterocycles. The van der Waals surface area contributed by atoms with E-state index in [2.05, 4.69) is 29.3 Å². The van der Waals surface area contributed by atoms with Crippen LogP contribution in [-0.2, 0) is 0 Å². The molecule has 1 aliphatic carbocycles. The van der Waals surface area contributed by atoms with Gasteiger partial charge in [-0.05, 0) is 19.8 Å². The van der Waals surface area contributed by atoms with E-state index < -0.39 is 0 Å². The summed E-state index contributed by atoms with van der Waals surface area (Å²) in [4.78, 5) is 0. The van der Waals surface area contributed by atoms with Gasteiger partial charge in [-0.2, -0.15) is 4.57 Å². The van der Waals surface area contributed by atoms with Gasteiger partial charge in [-0.15, -0.1) is 0 Å². The van der Waals surface area contributed by atoms with Crippen molar-refractivity contribution in [3.8, 4) is 0 Å². The molecule has 1 aliphatic rings. The van der Waals surface area contributed by atoms with Crippen LogP contribution in [0, 0.1) is 12.8 Å². The molecule has 1 atom stereocenters. The molecule has 14 heavy (non-hydrogen) atoms. The Morgan fingerprint density at radius 3 is 2.64 bits per heavy atom. The summed E-state index contributed by atoms with van der Waals surface area (Å²) in [5.74, 6) is 0.919. The van der Waals surface area contributed by atoms with E-state index in [9.17, 15) is 0 Å². The van der Waals surface area contributed by atoms with Crippen molar-refractivity contribution in [3.63, 3.8) is 0 Å². The van der Waals surface area contributed by atoms with E-state index in [1.165, 1.54) is 37.8 Å². The van der Waals surface area contributed by atoms with Crippen molar-refractivity contribution in [1.82, 2.24) is 0 Å². The van der Waals surface area contributed by atoms with Crippen LogP contribution in [0.5, 0.6) is 0 Å². The molecule has 1 heterocycles. The molecule has 0 unspecified atom stereocenters. The van der Waals surface area contributed by atoms with Crippen LogP contribution >= 0.6 is 11.3 Å². The van der Waals surface area contributed by atoms with E-state index in [0.717, 1.165) is 5.92 Å². The van der Waals surface area contributed by atoms with Crippen molar-refractivity contribution in [2.75, 3.05) is 0 Å². The van der Waals surface area contributed by atoms with Gasteiger partial charge in [-0.3, -0.25) is 0 Å². The number of nitrogens with zero attached hydrogens (tertiary/aromatic N) is 1. The second-order valence-corrected chi connectivity index (χ2v) is 5.27. The van der Waals surface area contributed by atoms with Crippen LogP contribution in [0.15, 0.2) is 10.9 Å². The molecule has 0 aliphatic heterocycles. The van der Waals surface area contributed by atoms with Gasteiger partial charge in [0.25, 0.3) is 0 Å². The molecule has 1 aromatic heterocycles. The molecular weight excluding hydrogens is 190 g/mol. The standard InChI is InChI=1S/C12H20NS/c1-10-8-14-9-13(10)11(2)12-6-4-3-5-7-12/h8-9,11-12H,3-7H2,1-2H3/q+1/t11-/m0/s1. The minimum Gasteiger partial charge on any atom is -0.190 e. The fourth-order valence-corrected chi connectivity index (χ4v) is 3.47. The molecule has 0 spiro atoms. The van der Waals surface area contributed by atoms with Crippen molar-refractivity contribution < 1.29 is 4.57 Å². The topological polar surface area (TPSA) is 3.88 Å². The SMILES string of the molecule is Cc1csc[n+]1[C@@H](C)C1CCCCC1. The van der Waals surface area contributed by atoms with Crippen LogP contribution < -0.4 is 4.57 Å². The summed E-state index contributed by atoms with van der Waals surface area (Å²) in [5, 5.41) is 2.25. The average molecular weight is 210 g/mol. The lowest BCUT2D eigenvalue weighted by Gasteiger charge is -2.23. The van der Waals surface area contributed by atoms with E-state index in [4.69, 9.17) is 0 Å². The van der Waals surface area contributed by atoms with Crippen molar-refractivity contribution in [2.24, 2.45) is 5.92 Å². The first-order valence-electron chi connectivity index (χ1n) is 5.73. The van der Waals surface area contributed by atoms with Gasteiger partial charge in [0.1, 0.15) is 0 Å². The summed E-state index contributed by atoms with van der Waals surface area (Å²) in [5.41, 5.74) is 3.70. The van der Waals surface area contributed by atoms with Crippen LogP contribution in [0.1, 0.15) is 50.8 Å². The minimum absolute atomic E-state index is 0.710. The zero-order chi connectivity index (χ0) is 9.97. The lowest BCUT2D eigenvalue weighted by Crippen LogP contribution is -2.42. The molecule has 0 amide bonds. The Hall–Kier alpha value is -0.370. The van der Waals surface area contributed by atoms with Gasteiger partial charge in [-0.1, -0.05) is 30.6 Å². The highest BCUT2D eigenvalue weighted by Gasteiger charge is 2.27. The minimum atomic E-state index is 0.710. The summed E-state index contributed by atoms with van der Waals surface area (Å²) in [6, 6.07) is 0.710. The third-order valence-electron chi connectivity index (χ3n) is 3.59. The molecule has 0 aromatic carbocycles. The highest BCUT2D eigenvalue weighted by Crippen LogP contribution is 2.30. The van der Waals surface area contributed by atoms with E-state index in [0.29, 0.717) is 6.04 Å². The van der Waals surface area contributed by atoms with Gasteiger partial charge in [0.05, 0.1) is 5.38 Å². The van der Waals surface area contributed by atoms with Crippen molar-refractivity contribution in [2.45, 2.75) is 52.0 Å². The highest BCUT2D eigenvalue weighted by atomic mass is 32.1. The number of rotatable bonds is 2. The maximum atomic E-state index is 2.46. The average Bonchev–Trinajstić information content (AvgIpc) is 2.65. The van der Waals surface area contributed by atoms with E-state index in [1.807, 2.05) is 11.3 Å². The fourth-order valence-electron chi connectivity index (χ4n) is 2.60. The third-order valence-corrected chi connectivity index (χ3v) is 4.42. The summed E-state index contributed by atoms with van der Waals surface area (Å²) in [6.07, 6.45) is 7.21. The van der Waals surface area contributed by atoms with Crippen molar-refractivity contribution in [1.29, 1.82) is 0 Å². The molecule has 1 nitrogen and oxygen atoms in total. The molecule has 0 bridgehead atoms. The maximum Gasteiger partial charge on any atom is 0.225 e. The van der Waals surface area contributed by atoms with Gasteiger partial charge in [-0.25, -0.2) is 0 Å². The van der Waals surface area contributed by atoms with Gasteiger partial charge in [0.15, 0.2) is 11.7 Å². The first-order chi connectivity index (χ1) is 6.79. The number of hydrogen-bond acceptors (Lipinski definition) is 1. The molecule has 2 rings (SSSR count). The third kappa shape index (κ3) is 2.00. The van der Waals surface area contributed by atoms with Gasteiger partial charge < -0.3 is 0 Å². The molecular formula is C12H20NS+. The van der Waals surface area contributed by atoms with Crippen LogP contribution in [-0.4, -0.2) is 0 Å². The Morgan fingerprint density at radius 1 is 1.36 bits per heavy atom. The zero-order valence-corrected chi connectivity index (χ0v) is 10.0. The smallest absolute Gasteiger partial charge is 0.190 e. The Morgan fingerprint density at radius 2 is 2.07 bits per heavy atom. The molecule has 0 N–H and O–H groups in total. The quantitative estimate of drug-likeness (QED) is 0.658. The highest BCUT2D eigenvalue weighted by molar-refractivity contribution is 7.07. The molecule has 1 fully saturated rings. The fraction of sp³-hybridized carbons (Fsp3) is 0.750. The predicted octanol–water partition coefficient (Wildman–Crippen LogP) is 3.49. The molecule has 2 heteroatoms. The molecule has 0 radical (unpaired) electrons. The van der Waals surface area contributed by atoms with E-state index in [1.54, 1.807) is 0 Å². The molecule has 1 aromatic rings. The van der Waals surface area contributed by atoms with Crippen molar-refractivity contribution in [3.05, 3.63) is 16.6 Å². The van der Waals surface area contributed by atoms with E-state index in [-0.39, 0.29) is 0 Å². The number of aryl methyl sites for hydroxylation is 1. The van der Waals surface area contributed by atoms with Crippen LogP contribution in [0.3, 0.4) is 0 Å². The van der Waals surface area contributed by atoms with Crippen LogP contribution in [0.4, 0.5) is 0 Å². The van der Waals surface area contributed by atoms with Gasteiger partial charge in [0, 0.05) is 12.8 Å². The van der Waals surface area contributed by atoms with Gasteiger partial charge in [0.2, 0.25) is 5.51 Å². The summed E-state index contributed by atoms with van der Waals surface area (Å²) in [6.45, 7) is 4.60. The zero-order valence-electron chi connectivity index (χ0n) is 9.20. The first kappa shape index (κ1) is 10.2. The molecule has 78 valence electrons. The number of hydrogen-bond donors (Lipinski definition) is 0. The second-order valence-electron chi connectivity index (χ2n) is 4.55. The molecule has 1 saturated carbocycles. The number of aromatic nitrogens is 1.